The standard InChI is InChI=1S/C20H15N5OS/c26-20(19-4-2-10-27-19)25-18(12-17(24-25)14-3-1-7-21-14)13-5-6-15-16(11-13)23-9-8-22-15/h1-11,18,21H,12H2/t18-/m0/s1. The predicted octanol–water partition coefficient (Wildman–Crippen LogP) is 4.01. The average Bonchev–Trinajstić information content (AvgIpc) is 3.48. The van der Waals surface area contributed by atoms with Gasteiger partial charge < -0.3 is 4.98 Å². The third-order valence-corrected chi connectivity index (χ3v) is 5.50. The van der Waals surface area contributed by atoms with Crippen molar-refractivity contribution in [1.29, 1.82) is 0 Å². The lowest BCUT2D eigenvalue weighted by atomic mass is 10.00. The van der Waals surface area contributed by atoms with Crippen molar-refractivity contribution in [3.63, 3.8) is 0 Å². The molecule has 0 aliphatic carbocycles. The summed E-state index contributed by atoms with van der Waals surface area (Å²) in [5, 5.41) is 8.16. The molecule has 0 unspecified atom stereocenters. The van der Waals surface area contributed by atoms with Crippen LogP contribution in [0.25, 0.3) is 11.0 Å². The van der Waals surface area contributed by atoms with Crippen molar-refractivity contribution in [3.8, 4) is 0 Å². The number of rotatable bonds is 3. The third kappa shape index (κ3) is 2.82. The molecule has 27 heavy (non-hydrogen) atoms. The highest BCUT2D eigenvalue weighted by atomic mass is 32.1. The van der Waals surface area contributed by atoms with E-state index in [9.17, 15) is 4.79 Å². The third-order valence-electron chi connectivity index (χ3n) is 4.64. The van der Waals surface area contributed by atoms with E-state index in [1.807, 2.05) is 54.0 Å². The van der Waals surface area contributed by atoms with E-state index in [2.05, 4.69) is 20.1 Å². The second-order valence-corrected chi connectivity index (χ2v) is 7.23. The monoisotopic (exact) mass is 373 g/mol. The van der Waals surface area contributed by atoms with Gasteiger partial charge in [0.25, 0.3) is 5.91 Å². The van der Waals surface area contributed by atoms with Crippen molar-refractivity contribution < 1.29 is 4.79 Å². The maximum absolute atomic E-state index is 13.1. The molecular weight excluding hydrogens is 358 g/mol. The van der Waals surface area contributed by atoms with Gasteiger partial charge in [-0.2, -0.15) is 5.10 Å². The number of nitrogens with zero attached hydrogens (tertiary/aromatic N) is 4. The molecule has 0 fully saturated rings. The molecule has 1 N–H and O–H groups in total. The summed E-state index contributed by atoms with van der Waals surface area (Å²) in [6.07, 6.45) is 5.86. The number of carbonyl (C=O) groups excluding carboxylic acids is 1. The van der Waals surface area contributed by atoms with E-state index in [1.54, 1.807) is 17.4 Å². The van der Waals surface area contributed by atoms with Gasteiger partial charge in [0.2, 0.25) is 0 Å². The molecule has 1 aliphatic heterocycles. The molecule has 0 saturated heterocycles. The smallest absolute Gasteiger partial charge is 0.284 e. The van der Waals surface area contributed by atoms with Crippen LogP contribution >= 0.6 is 11.3 Å². The van der Waals surface area contributed by atoms with Crippen LogP contribution < -0.4 is 0 Å². The number of thiophene rings is 1. The van der Waals surface area contributed by atoms with Gasteiger partial charge in [-0.15, -0.1) is 11.3 Å². The van der Waals surface area contributed by atoms with Crippen LogP contribution in [0.15, 0.2) is 71.5 Å². The first kappa shape index (κ1) is 15.9. The van der Waals surface area contributed by atoms with E-state index < -0.39 is 0 Å². The fourth-order valence-electron chi connectivity index (χ4n) is 3.33. The van der Waals surface area contributed by atoms with Crippen LogP contribution in [0.3, 0.4) is 0 Å². The fraction of sp³-hybridized carbons (Fsp3) is 0.100. The molecule has 0 saturated carbocycles. The Morgan fingerprint density at radius 3 is 2.78 bits per heavy atom. The van der Waals surface area contributed by atoms with Gasteiger partial charge in [-0.25, -0.2) is 5.01 Å². The molecule has 4 heterocycles. The summed E-state index contributed by atoms with van der Waals surface area (Å²) in [5.74, 6) is -0.0872. The zero-order valence-electron chi connectivity index (χ0n) is 14.2. The molecule has 0 bridgehead atoms. The van der Waals surface area contributed by atoms with Crippen LogP contribution in [0, 0.1) is 0 Å². The Morgan fingerprint density at radius 1 is 1.11 bits per heavy atom. The first-order chi connectivity index (χ1) is 13.3. The number of fused-ring (bicyclic) bond motifs is 1. The van der Waals surface area contributed by atoms with Crippen molar-refractivity contribution in [1.82, 2.24) is 20.0 Å². The lowest BCUT2D eigenvalue weighted by molar-refractivity contribution is 0.0716. The summed E-state index contributed by atoms with van der Waals surface area (Å²) in [4.78, 5) is 25.6. The van der Waals surface area contributed by atoms with Crippen molar-refractivity contribution in [3.05, 3.63) is 82.6 Å². The average molecular weight is 373 g/mol. The highest BCUT2D eigenvalue weighted by Crippen LogP contribution is 2.35. The topological polar surface area (TPSA) is 74.2 Å². The molecule has 0 spiro atoms. The Balaban J connectivity index is 1.57. The normalized spacial score (nSPS) is 16.7. The lowest BCUT2D eigenvalue weighted by Crippen LogP contribution is -2.26. The van der Waals surface area contributed by atoms with Gasteiger partial charge in [-0.1, -0.05) is 12.1 Å². The van der Waals surface area contributed by atoms with E-state index in [0.29, 0.717) is 11.3 Å². The van der Waals surface area contributed by atoms with Crippen molar-refractivity contribution in [2.45, 2.75) is 12.5 Å². The maximum Gasteiger partial charge on any atom is 0.284 e. The Labute approximate surface area is 159 Å². The van der Waals surface area contributed by atoms with Gasteiger partial charge in [0.05, 0.1) is 33.4 Å². The predicted molar refractivity (Wildman–Crippen MR) is 105 cm³/mol. The lowest BCUT2D eigenvalue weighted by Gasteiger charge is -2.21. The maximum atomic E-state index is 13.1. The number of hydrogen-bond donors (Lipinski definition) is 1. The molecule has 1 aliphatic rings. The zero-order valence-corrected chi connectivity index (χ0v) is 15.1. The molecule has 4 aromatic rings. The first-order valence-corrected chi connectivity index (χ1v) is 9.46. The molecule has 6 nitrogen and oxygen atoms in total. The van der Waals surface area contributed by atoms with E-state index >= 15 is 0 Å². The van der Waals surface area contributed by atoms with E-state index in [1.165, 1.54) is 11.3 Å². The minimum atomic E-state index is -0.177. The zero-order chi connectivity index (χ0) is 18.2. The van der Waals surface area contributed by atoms with E-state index in [4.69, 9.17) is 0 Å². The molecule has 3 aromatic heterocycles. The summed E-state index contributed by atoms with van der Waals surface area (Å²) < 4.78 is 0. The number of hydrogen-bond acceptors (Lipinski definition) is 5. The van der Waals surface area contributed by atoms with Crippen molar-refractivity contribution in [2.24, 2.45) is 5.10 Å². The van der Waals surface area contributed by atoms with Crippen LogP contribution in [0.4, 0.5) is 0 Å². The van der Waals surface area contributed by atoms with Gasteiger partial charge in [0.1, 0.15) is 0 Å². The number of H-pyrrole nitrogens is 1. The Hall–Kier alpha value is -3.32. The molecule has 1 aromatic carbocycles. The van der Waals surface area contributed by atoms with Crippen molar-refractivity contribution in [2.75, 3.05) is 0 Å². The number of benzene rings is 1. The fourth-order valence-corrected chi connectivity index (χ4v) is 3.99. The number of nitrogens with one attached hydrogen (secondary N) is 1. The van der Waals surface area contributed by atoms with Gasteiger partial charge in [0, 0.05) is 25.0 Å². The van der Waals surface area contributed by atoms with Crippen LogP contribution in [0.5, 0.6) is 0 Å². The number of hydrazone groups is 1. The number of carbonyl (C=O) groups is 1. The number of aromatic nitrogens is 3. The quantitative estimate of drug-likeness (QED) is 0.590. The highest BCUT2D eigenvalue weighted by molar-refractivity contribution is 7.12. The molecule has 132 valence electrons. The highest BCUT2D eigenvalue weighted by Gasteiger charge is 2.34. The van der Waals surface area contributed by atoms with Gasteiger partial charge >= 0.3 is 0 Å². The first-order valence-electron chi connectivity index (χ1n) is 8.58. The van der Waals surface area contributed by atoms with Gasteiger partial charge in [-0.05, 0) is 41.3 Å². The second kappa shape index (κ2) is 6.44. The molecular formula is C20H15N5OS. The van der Waals surface area contributed by atoms with Crippen LogP contribution in [-0.4, -0.2) is 31.6 Å². The minimum Gasteiger partial charge on any atom is -0.360 e. The second-order valence-electron chi connectivity index (χ2n) is 6.28. The van der Waals surface area contributed by atoms with Gasteiger partial charge in [-0.3, -0.25) is 14.8 Å². The Bertz CT molecular complexity index is 1130. The minimum absolute atomic E-state index is 0.0872. The van der Waals surface area contributed by atoms with Crippen LogP contribution in [-0.2, 0) is 0 Å². The largest absolute Gasteiger partial charge is 0.360 e. The SMILES string of the molecule is O=C(c1cccs1)N1N=C(c2ccc[nH]2)C[C@H]1c1ccc2nccnc2c1. The van der Waals surface area contributed by atoms with Crippen molar-refractivity contribution >= 4 is 34.0 Å². The Morgan fingerprint density at radius 2 is 2.00 bits per heavy atom. The summed E-state index contributed by atoms with van der Waals surface area (Å²) in [5.41, 5.74) is 4.45. The molecule has 7 heteroatoms. The number of aromatic amines is 1. The summed E-state index contributed by atoms with van der Waals surface area (Å²) in [7, 11) is 0. The summed E-state index contributed by atoms with van der Waals surface area (Å²) in [6.45, 7) is 0. The number of amides is 1. The summed E-state index contributed by atoms with van der Waals surface area (Å²) >= 11 is 1.43. The molecule has 0 radical (unpaired) electrons. The van der Waals surface area contributed by atoms with E-state index in [0.717, 1.165) is 28.0 Å². The van der Waals surface area contributed by atoms with Crippen LogP contribution in [0.1, 0.15) is 33.4 Å². The van der Waals surface area contributed by atoms with Crippen LogP contribution in [0.2, 0.25) is 0 Å². The molecule has 5 rings (SSSR count). The Kier molecular flexibility index (Phi) is 3.79. The van der Waals surface area contributed by atoms with E-state index in [-0.39, 0.29) is 11.9 Å². The molecule has 1 amide bonds. The molecule has 1 atom stereocenters. The summed E-state index contributed by atoms with van der Waals surface area (Å²) in [6, 6.07) is 13.4. The van der Waals surface area contributed by atoms with Gasteiger partial charge in [0.15, 0.2) is 0 Å².